The molecule has 2 aliphatic heterocycles. The zero-order chi connectivity index (χ0) is 26.7. The van der Waals surface area contributed by atoms with Gasteiger partial charge in [0.2, 0.25) is 0 Å². The summed E-state index contributed by atoms with van der Waals surface area (Å²) in [6.45, 7) is 9.27. The number of fused-ring (bicyclic) bond motifs is 1. The topological polar surface area (TPSA) is 77.1 Å². The van der Waals surface area contributed by atoms with Crippen molar-refractivity contribution in [3.63, 3.8) is 0 Å². The number of amides is 1. The molecular weight excluding hydrogens is 486 g/mol. The van der Waals surface area contributed by atoms with Crippen molar-refractivity contribution in [3.8, 4) is 11.1 Å². The van der Waals surface area contributed by atoms with Crippen molar-refractivity contribution in [2.24, 2.45) is 0 Å². The molecule has 1 aromatic carbocycles. The number of hydrogen-bond acceptors (Lipinski definition) is 5. The van der Waals surface area contributed by atoms with Crippen LogP contribution < -0.4 is 5.32 Å². The molecule has 3 aromatic rings. The standard InChI is InChI=1S/C29H32F2N6O/c1-3-24(7-5-20(2)37-11-4-12-37)33-28(38)27-25-16-22(6-8-26(25)34-35-27)23-15-21(17-32-18-23)19-36-13-9-29(30,31)10-14-36/h3,5-8,15-18H,2,4,9-14,19H2,1H3,(H,33,38)(H,34,35)/b7-5-,24-3+. The molecule has 0 spiro atoms. The van der Waals surface area contributed by atoms with E-state index >= 15 is 0 Å². The number of piperidine rings is 1. The van der Waals surface area contributed by atoms with E-state index in [9.17, 15) is 13.6 Å². The first-order valence-corrected chi connectivity index (χ1v) is 12.9. The van der Waals surface area contributed by atoms with Crippen molar-refractivity contribution in [2.45, 2.75) is 38.7 Å². The number of hydrogen-bond donors (Lipinski definition) is 2. The van der Waals surface area contributed by atoms with Crippen LogP contribution in [0.5, 0.6) is 0 Å². The van der Waals surface area contributed by atoms with Gasteiger partial charge in [0.15, 0.2) is 5.69 Å². The van der Waals surface area contributed by atoms with Gasteiger partial charge in [-0.05, 0) is 54.8 Å². The molecule has 0 atom stereocenters. The van der Waals surface area contributed by atoms with Crippen molar-refractivity contribution in [2.75, 3.05) is 26.2 Å². The third-order valence-corrected chi connectivity index (χ3v) is 7.19. The Morgan fingerprint density at radius 3 is 2.63 bits per heavy atom. The number of likely N-dealkylation sites (tertiary alicyclic amines) is 2. The number of rotatable bonds is 8. The summed E-state index contributed by atoms with van der Waals surface area (Å²) in [5.74, 6) is -2.87. The molecule has 2 N–H and O–H groups in total. The molecule has 0 radical (unpaired) electrons. The average Bonchev–Trinajstić information content (AvgIpc) is 3.30. The summed E-state index contributed by atoms with van der Waals surface area (Å²) in [4.78, 5) is 21.7. The number of halogens is 2. The van der Waals surface area contributed by atoms with E-state index in [0.717, 1.165) is 41.0 Å². The van der Waals surface area contributed by atoms with Crippen molar-refractivity contribution in [1.82, 2.24) is 30.3 Å². The van der Waals surface area contributed by atoms with Crippen molar-refractivity contribution >= 4 is 16.8 Å². The van der Waals surface area contributed by atoms with Crippen molar-refractivity contribution in [3.05, 3.63) is 84.1 Å². The second-order valence-corrected chi connectivity index (χ2v) is 9.91. The van der Waals surface area contributed by atoms with Crippen LogP contribution in [0.3, 0.4) is 0 Å². The van der Waals surface area contributed by atoms with Gasteiger partial charge >= 0.3 is 0 Å². The lowest BCUT2D eigenvalue weighted by molar-refractivity contribution is -0.0566. The second-order valence-electron chi connectivity index (χ2n) is 9.91. The molecule has 0 aliphatic carbocycles. The molecule has 0 saturated carbocycles. The molecular formula is C29H32F2N6O. The summed E-state index contributed by atoms with van der Waals surface area (Å²) in [5.41, 5.74) is 5.38. The molecule has 0 bridgehead atoms. The Morgan fingerprint density at radius 1 is 1.13 bits per heavy atom. The van der Waals surface area contributed by atoms with Crippen LogP contribution in [-0.2, 0) is 6.54 Å². The molecule has 9 heteroatoms. The molecule has 198 valence electrons. The number of aromatic nitrogens is 3. The summed E-state index contributed by atoms with van der Waals surface area (Å²) in [6, 6.07) is 7.79. The minimum atomic E-state index is -2.56. The largest absolute Gasteiger partial charge is 0.372 e. The van der Waals surface area contributed by atoms with Gasteiger partial charge in [0, 0.05) is 80.3 Å². The van der Waals surface area contributed by atoms with Gasteiger partial charge in [0.1, 0.15) is 0 Å². The number of H-pyrrole nitrogens is 1. The van der Waals surface area contributed by atoms with E-state index in [1.165, 1.54) is 6.42 Å². The van der Waals surface area contributed by atoms with E-state index in [1.807, 2.05) is 54.3 Å². The smallest absolute Gasteiger partial charge is 0.276 e. The lowest BCUT2D eigenvalue weighted by Gasteiger charge is -2.33. The maximum atomic E-state index is 13.5. The van der Waals surface area contributed by atoms with E-state index in [4.69, 9.17) is 0 Å². The molecule has 2 aliphatic rings. The highest BCUT2D eigenvalue weighted by Crippen LogP contribution is 2.29. The van der Waals surface area contributed by atoms with Crippen LogP contribution >= 0.6 is 0 Å². The molecule has 4 heterocycles. The quantitative estimate of drug-likeness (QED) is 0.398. The van der Waals surface area contributed by atoms with Crippen LogP contribution in [0.2, 0.25) is 0 Å². The van der Waals surface area contributed by atoms with Crippen molar-refractivity contribution < 1.29 is 13.6 Å². The third-order valence-electron chi connectivity index (χ3n) is 7.19. The molecule has 2 saturated heterocycles. The van der Waals surface area contributed by atoms with Gasteiger partial charge < -0.3 is 10.2 Å². The van der Waals surface area contributed by atoms with Gasteiger partial charge in [-0.3, -0.25) is 19.8 Å². The van der Waals surface area contributed by atoms with Crippen LogP contribution in [0, 0.1) is 0 Å². The summed E-state index contributed by atoms with van der Waals surface area (Å²) < 4.78 is 27.0. The predicted molar refractivity (Wildman–Crippen MR) is 144 cm³/mol. The Hall–Kier alpha value is -3.85. The Labute approximate surface area is 220 Å². The minimum absolute atomic E-state index is 0.111. The van der Waals surface area contributed by atoms with E-state index in [0.29, 0.717) is 36.4 Å². The van der Waals surface area contributed by atoms with Gasteiger partial charge in [-0.2, -0.15) is 5.10 Å². The number of allylic oxidation sites excluding steroid dienone is 3. The Balaban J connectivity index is 1.31. The highest BCUT2D eigenvalue weighted by atomic mass is 19.3. The number of pyridine rings is 1. The lowest BCUT2D eigenvalue weighted by atomic mass is 10.0. The molecule has 2 fully saturated rings. The average molecular weight is 519 g/mol. The van der Waals surface area contributed by atoms with Gasteiger partial charge in [-0.25, -0.2) is 8.78 Å². The first kappa shape index (κ1) is 25.8. The minimum Gasteiger partial charge on any atom is -0.372 e. The van der Waals surface area contributed by atoms with E-state index in [1.54, 1.807) is 12.4 Å². The fourth-order valence-electron chi connectivity index (χ4n) is 4.69. The fourth-order valence-corrected chi connectivity index (χ4v) is 4.69. The van der Waals surface area contributed by atoms with E-state index < -0.39 is 5.92 Å². The Kier molecular flexibility index (Phi) is 7.37. The van der Waals surface area contributed by atoms with Crippen LogP contribution in [0.4, 0.5) is 8.78 Å². The molecule has 1 amide bonds. The highest BCUT2D eigenvalue weighted by Gasteiger charge is 2.33. The van der Waals surface area contributed by atoms with Crippen LogP contribution in [0.1, 0.15) is 42.2 Å². The third kappa shape index (κ3) is 5.83. The van der Waals surface area contributed by atoms with E-state index in [2.05, 4.69) is 32.0 Å². The van der Waals surface area contributed by atoms with Gasteiger partial charge in [-0.15, -0.1) is 0 Å². The molecule has 7 nitrogen and oxygen atoms in total. The summed E-state index contributed by atoms with van der Waals surface area (Å²) >= 11 is 0. The normalized spacial score (nSPS) is 18.1. The lowest BCUT2D eigenvalue weighted by Crippen LogP contribution is -2.38. The molecule has 38 heavy (non-hydrogen) atoms. The number of benzene rings is 1. The van der Waals surface area contributed by atoms with Gasteiger partial charge in [0.05, 0.1) is 5.52 Å². The SMILES string of the molecule is C=C(/C=C\C(=C/C)NC(=O)c1n[nH]c2ccc(-c3cncc(CN4CCC(F)(F)CC4)c3)cc12)N1CCC1. The number of alkyl halides is 2. The number of nitrogens with zero attached hydrogens (tertiary/aromatic N) is 4. The zero-order valence-electron chi connectivity index (χ0n) is 21.5. The first-order chi connectivity index (χ1) is 18.3. The van der Waals surface area contributed by atoms with Gasteiger partial charge in [-0.1, -0.05) is 18.7 Å². The predicted octanol–water partition coefficient (Wildman–Crippen LogP) is 5.27. The Bertz CT molecular complexity index is 1400. The van der Waals surface area contributed by atoms with Crippen molar-refractivity contribution in [1.29, 1.82) is 0 Å². The number of carbonyl (C=O) groups excluding carboxylic acids is 1. The number of nitrogens with one attached hydrogen (secondary N) is 2. The Morgan fingerprint density at radius 2 is 1.92 bits per heavy atom. The monoisotopic (exact) mass is 518 g/mol. The molecule has 0 unspecified atom stereocenters. The summed E-state index contributed by atoms with van der Waals surface area (Å²) in [5, 5.41) is 10.8. The number of carbonyl (C=O) groups is 1. The summed E-state index contributed by atoms with van der Waals surface area (Å²) in [7, 11) is 0. The van der Waals surface area contributed by atoms with E-state index in [-0.39, 0.29) is 18.7 Å². The van der Waals surface area contributed by atoms with Crippen LogP contribution in [0.15, 0.2) is 72.9 Å². The van der Waals surface area contributed by atoms with Gasteiger partial charge in [0.25, 0.3) is 11.8 Å². The first-order valence-electron chi connectivity index (χ1n) is 12.9. The molecule has 2 aromatic heterocycles. The highest BCUT2D eigenvalue weighted by molar-refractivity contribution is 6.06. The summed E-state index contributed by atoms with van der Waals surface area (Å²) in [6.07, 6.45) is 10.1. The second kappa shape index (κ2) is 10.9. The van der Waals surface area contributed by atoms with Crippen LogP contribution in [0.25, 0.3) is 22.0 Å². The maximum Gasteiger partial charge on any atom is 0.276 e. The number of aromatic amines is 1. The maximum absolute atomic E-state index is 13.5. The van der Waals surface area contributed by atoms with Crippen LogP contribution in [-0.4, -0.2) is 63.0 Å². The zero-order valence-corrected chi connectivity index (χ0v) is 21.5. The molecule has 5 rings (SSSR count). The fraction of sp³-hybridized carbons (Fsp3) is 0.345.